The van der Waals surface area contributed by atoms with Crippen molar-refractivity contribution in [1.82, 2.24) is 4.90 Å². The van der Waals surface area contributed by atoms with E-state index in [2.05, 4.69) is 0 Å². The quantitative estimate of drug-likeness (QED) is 0.869. The summed E-state index contributed by atoms with van der Waals surface area (Å²) in [5.41, 5.74) is 0.517. The average molecular weight is 307 g/mol. The van der Waals surface area contributed by atoms with Gasteiger partial charge in [-0.3, -0.25) is 9.59 Å². The summed E-state index contributed by atoms with van der Waals surface area (Å²) in [6.45, 7) is 4.97. The highest BCUT2D eigenvalue weighted by Gasteiger charge is 2.40. The fourth-order valence-electron chi connectivity index (χ4n) is 2.68. The number of carboxylic acid groups (broad SMARTS) is 1. The molecule has 2 heterocycles. The van der Waals surface area contributed by atoms with Crippen molar-refractivity contribution in [2.45, 2.75) is 33.1 Å². The molecule has 0 atom stereocenters. The molecule has 21 heavy (non-hydrogen) atoms. The van der Waals surface area contributed by atoms with E-state index >= 15 is 0 Å². The number of amides is 1. The number of thiophene rings is 1. The summed E-state index contributed by atoms with van der Waals surface area (Å²) in [5, 5.41) is 11.4. The van der Waals surface area contributed by atoms with Gasteiger partial charge in [-0.05, 0) is 49.3 Å². The molecule has 0 radical (unpaired) electrons. The van der Waals surface area contributed by atoms with Crippen LogP contribution in [0.15, 0.2) is 17.5 Å². The van der Waals surface area contributed by atoms with Gasteiger partial charge in [-0.15, -0.1) is 11.3 Å². The molecule has 1 saturated heterocycles. The van der Waals surface area contributed by atoms with E-state index in [4.69, 9.17) is 0 Å². The summed E-state index contributed by atoms with van der Waals surface area (Å²) >= 11 is 1.61. The van der Waals surface area contributed by atoms with Crippen LogP contribution >= 0.6 is 11.3 Å². The van der Waals surface area contributed by atoms with Crippen molar-refractivity contribution in [3.63, 3.8) is 0 Å². The van der Waals surface area contributed by atoms with Crippen LogP contribution in [-0.4, -0.2) is 35.0 Å². The molecule has 0 unspecified atom stereocenters. The number of aliphatic carboxylic acids is 1. The molecule has 0 spiro atoms. The van der Waals surface area contributed by atoms with E-state index in [1.807, 2.05) is 31.4 Å². The Hall–Kier alpha value is -1.62. The lowest BCUT2D eigenvalue weighted by Gasteiger charge is -2.37. The normalized spacial score (nSPS) is 18.1. The van der Waals surface area contributed by atoms with E-state index in [1.165, 1.54) is 5.56 Å². The Morgan fingerprint density at radius 1 is 1.43 bits per heavy atom. The lowest BCUT2D eigenvalue weighted by molar-refractivity contribution is -0.154. The average Bonchev–Trinajstić information content (AvgIpc) is 2.90. The summed E-state index contributed by atoms with van der Waals surface area (Å²) < 4.78 is 0. The van der Waals surface area contributed by atoms with Gasteiger partial charge >= 0.3 is 5.97 Å². The van der Waals surface area contributed by atoms with Gasteiger partial charge in [0.15, 0.2) is 0 Å². The number of hydrogen-bond acceptors (Lipinski definition) is 3. The number of aryl methyl sites for hydroxylation is 1. The van der Waals surface area contributed by atoms with Crippen LogP contribution in [0.5, 0.6) is 0 Å². The van der Waals surface area contributed by atoms with Gasteiger partial charge in [-0.2, -0.15) is 0 Å². The lowest BCUT2D eigenvalue weighted by atomic mass is 9.76. The zero-order valence-corrected chi connectivity index (χ0v) is 13.3. The van der Waals surface area contributed by atoms with E-state index in [0.29, 0.717) is 32.4 Å². The van der Waals surface area contributed by atoms with Crippen LogP contribution in [0.2, 0.25) is 0 Å². The topological polar surface area (TPSA) is 57.6 Å². The van der Waals surface area contributed by atoms with Gasteiger partial charge in [0.2, 0.25) is 5.91 Å². The second-order valence-corrected chi connectivity index (χ2v) is 6.51. The maximum Gasteiger partial charge on any atom is 0.309 e. The van der Waals surface area contributed by atoms with Crippen LogP contribution in [0, 0.1) is 12.3 Å². The first kappa shape index (κ1) is 15.8. The van der Waals surface area contributed by atoms with Gasteiger partial charge in [0, 0.05) is 24.0 Å². The van der Waals surface area contributed by atoms with E-state index in [9.17, 15) is 14.7 Å². The molecule has 0 aliphatic carbocycles. The minimum atomic E-state index is -0.734. The van der Waals surface area contributed by atoms with E-state index in [1.54, 1.807) is 22.3 Å². The molecule has 1 aliphatic heterocycles. The Morgan fingerprint density at radius 2 is 2.10 bits per heavy atom. The number of hydrogen-bond donors (Lipinski definition) is 1. The summed E-state index contributed by atoms with van der Waals surface area (Å²) in [6.07, 6.45) is 5.14. The molecule has 1 fully saturated rings. The number of piperidine rings is 1. The lowest BCUT2D eigenvalue weighted by Crippen LogP contribution is -2.45. The van der Waals surface area contributed by atoms with E-state index < -0.39 is 11.4 Å². The predicted octanol–water partition coefficient (Wildman–Crippen LogP) is 3.17. The Bertz CT molecular complexity index is 554. The third-order valence-electron chi connectivity index (χ3n) is 4.44. The fourth-order valence-corrected chi connectivity index (χ4v) is 3.50. The molecule has 114 valence electrons. The van der Waals surface area contributed by atoms with Crippen molar-refractivity contribution < 1.29 is 14.7 Å². The number of likely N-dealkylation sites (tertiary alicyclic amines) is 1. The first-order chi connectivity index (χ1) is 9.98. The van der Waals surface area contributed by atoms with Crippen LogP contribution in [-0.2, 0) is 9.59 Å². The Labute approximate surface area is 129 Å². The molecule has 0 bridgehead atoms. The standard InChI is InChI=1S/C16H21NO3S/c1-3-16(15(19)20)7-9-17(10-8-16)14(18)5-4-13-12(2)6-11-21-13/h4-6,11H,3,7-10H2,1-2H3,(H,19,20). The molecular weight excluding hydrogens is 286 g/mol. The molecule has 0 saturated carbocycles. The van der Waals surface area contributed by atoms with Crippen molar-refractivity contribution in [2.75, 3.05) is 13.1 Å². The molecule has 1 aromatic rings. The van der Waals surface area contributed by atoms with Gasteiger partial charge in [0.1, 0.15) is 0 Å². The van der Waals surface area contributed by atoms with Crippen molar-refractivity contribution in [1.29, 1.82) is 0 Å². The van der Waals surface area contributed by atoms with Crippen molar-refractivity contribution in [3.8, 4) is 0 Å². The molecule has 1 amide bonds. The third kappa shape index (κ3) is 3.35. The highest BCUT2D eigenvalue weighted by atomic mass is 32.1. The van der Waals surface area contributed by atoms with Gasteiger partial charge in [-0.25, -0.2) is 0 Å². The summed E-state index contributed by atoms with van der Waals surface area (Å²) in [7, 11) is 0. The Morgan fingerprint density at radius 3 is 2.57 bits per heavy atom. The first-order valence-electron chi connectivity index (χ1n) is 7.23. The Kier molecular flexibility index (Phi) is 4.83. The smallest absolute Gasteiger partial charge is 0.309 e. The Balaban J connectivity index is 1.96. The van der Waals surface area contributed by atoms with Crippen LogP contribution in [0.4, 0.5) is 0 Å². The van der Waals surface area contributed by atoms with Gasteiger partial charge < -0.3 is 10.0 Å². The number of nitrogens with zero attached hydrogens (tertiary/aromatic N) is 1. The van der Waals surface area contributed by atoms with Crippen molar-refractivity contribution >= 4 is 29.3 Å². The van der Waals surface area contributed by atoms with E-state index in [-0.39, 0.29) is 5.91 Å². The van der Waals surface area contributed by atoms with Gasteiger partial charge in [0.05, 0.1) is 5.41 Å². The largest absolute Gasteiger partial charge is 0.481 e. The van der Waals surface area contributed by atoms with Crippen LogP contribution in [0.25, 0.3) is 6.08 Å². The molecule has 1 aromatic heterocycles. The molecule has 2 rings (SSSR count). The molecule has 5 heteroatoms. The molecule has 1 aliphatic rings. The highest BCUT2D eigenvalue weighted by Crippen LogP contribution is 2.35. The minimum absolute atomic E-state index is 0.0297. The second-order valence-electron chi connectivity index (χ2n) is 5.57. The molecule has 0 aromatic carbocycles. The SMILES string of the molecule is CCC1(C(=O)O)CCN(C(=O)C=Cc2sccc2C)CC1. The summed E-state index contributed by atoms with van der Waals surface area (Å²) in [6, 6.07) is 2.03. The third-order valence-corrected chi connectivity index (χ3v) is 5.43. The van der Waals surface area contributed by atoms with Gasteiger partial charge in [0.25, 0.3) is 0 Å². The zero-order chi connectivity index (χ0) is 15.5. The number of carbonyl (C=O) groups excluding carboxylic acids is 1. The summed E-state index contributed by atoms with van der Waals surface area (Å²) in [4.78, 5) is 26.4. The number of carbonyl (C=O) groups is 2. The van der Waals surface area contributed by atoms with Crippen molar-refractivity contribution in [2.24, 2.45) is 5.41 Å². The van der Waals surface area contributed by atoms with Crippen LogP contribution in [0.3, 0.4) is 0 Å². The molecular formula is C16H21NO3S. The minimum Gasteiger partial charge on any atom is -0.481 e. The first-order valence-corrected chi connectivity index (χ1v) is 8.11. The highest BCUT2D eigenvalue weighted by molar-refractivity contribution is 7.11. The van der Waals surface area contributed by atoms with Crippen molar-refractivity contribution in [3.05, 3.63) is 28.0 Å². The van der Waals surface area contributed by atoms with E-state index in [0.717, 1.165) is 4.88 Å². The maximum absolute atomic E-state index is 12.2. The monoisotopic (exact) mass is 307 g/mol. The number of carboxylic acids is 1. The van der Waals surface area contributed by atoms with Crippen LogP contribution < -0.4 is 0 Å². The maximum atomic E-state index is 12.2. The van der Waals surface area contributed by atoms with Crippen LogP contribution in [0.1, 0.15) is 36.6 Å². The zero-order valence-electron chi connectivity index (χ0n) is 12.5. The molecule has 1 N–H and O–H groups in total. The summed E-state index contributed by atoms with van der Waals surface area (Å²) in [5.74, 6) is -0.764. The fraction of sp³-hybridized carbons (Fsp3) is 0.500. The molecule has 4 nitrogen and oxygen atoms in total. The second kappa shape index (κ2) is 6.43. The van der Waals surface area contributed by atoms with Gasteiger partial charge in [-0.1, -0.05) is 6.92 Å². The predicted molar refractivity (Wildman–Crippen MR) is 84.3 cm³/mol. The number of rotatable bonds is 4.